The third kappa shape index (κ3) is 2.71. The second-order valence-corrected chi connectivity index (χ2v) is 5.79. The van der Waals surface area contributed by atoms with Crippen molar-refractivity contribution in [1.29, 1.82) is 0 Å². The molecule has 1 aromatic carbocycles. The predicted molar refractivity (Wildman–Crippen MR) is 75.5 cm³/mol. The summed E-state index contributed by atoms with van der Waals surface area (Å²) >= 11 is 0. The summed E-state index contributed by atoms with van der Waals surface area (Å²) in [5.74, 6) is 2.66. The van der Waals surface area contributed by atoms with Gasteiger partial charge in [0.05, 0.1) is 0 Å². The molecule has 1 saturated carbocycles. The van der Waals surface area contributed by atoms with E-state index in [1.807, 2.05) is 6.07 Å². The number of hydrogen-bond acceptors (Lipinski definition) is 3. The summed E-state index contributed by atoms with van der Waals surface area (Å²) in [6.45, 7) is 4.88. The first kappa shape index (κ1) is 12.8. The van der Waals surface area contributed by atoms with Crippen LogP contribution in [-0.2, 0) is 0 Å². The summed E-state index contributed by atoms with van der Waals surface area (Å²) in [5, 5.41) is 3.75. The Hall–Kier alpha value is -1.22. The van der Waals surface area contributed by atoms with Crippen LogP contribution >= 0.6 is 0 Å². The third-order valence-electron chi connectivity index (χ3n) is 4.50. The summed E-state index contributed by atoms with van der Waals surface area (Å²) in [5.41, 5.74) is 1.28. The fraction of sp³-hybridized carbons (Fsp3) is 0.625. The van der Waals surface area contributed by atoms with Gasteiger partial charge in [0.2, 0.25) is 6.79 Å². The Morgan fingerprint density at radius 1 is 1.26 bits per heavy atom. The van der Waals surface area contributed by atoms with E-state index in [4.69, 9.17) is 9.47 Å². The number of benzene rings is 1. The van der Waals surface area contributed by atoms with E-state index in [1.165, 1.54) is 31.2 Å². The van der Waals surface area contributed by atoms with Crippen LogP contribution in [0.2, 0.25) is 0 Å². The molecule has 0 bridgehead atoms. The minimum atomic E-state index is 0.349. The van der Waals surface area contributed by atoms with Crippen LogP contribution in [0, 0.1) is 5.92 Å². The van der Waals surface area contributed by atoms with Crippen molar-refractivity contribution in [2.24, 2.45) is 5.92 Å². The van der Waals surface area contributed by atoms with Gasteiger partial charge in [-0.25, -0.2) is 0 Å². The van der Waals surface area contributed by atoms with Gasteiger partial charge in [-0.1, -0.05) is 19.4 Å². The lowest BCUT2D eigenvalue weighted by Gasteiger charge is -2.20. The molecule has 3 rings (SSSR count). The Labute approximate surface area is 115 Å². The Bertz CT molecular complexity index is 446. The van der Waals surface area contributed by atoms with Crippen molar-refractivity contribution in [3.8, 4) is 11.5 Å². The number of fused-ring (bicyclic) bond motifs is 1. The molecule has 19 heavy (non-hydrogen) atoms. The van der Waals surface area contributed by atoms with E-state index in [9.17, 15) is 0 Å². The van der Waals surface area contributed by atoms with E-state index < -0.39 is 0 Å². The van der Waals surface area contributed by atoms with Gasteiger partial charge in [-0.2, -0.15) is 0 Å². The first-order valence-electron chi connectivity index (χ1n) is 7.42. The lowest BCUT2D eigenvalue weighted by molar-refractivity contribution is 0.174. The summed E-state index contributed by atoms with van der Waals surface area (Å²) in [6, 6.07) is 7.30. The molecular formula is C16H23NO2. The van der Waals surface area contributed by atoms with Crippen LogP contribution in [0.4, 0.5) is 0 Å². The summed E-state index contributed by atoms with van der Waals surface area (Å²) in [7, 11) is 0. The van der Waals surface area contributed by atoms with E-state index >= 15 is 0 Å². The largest absolute Gasteiger partial charge is 0.454 e. The first-order valence-corrected chi connectivity index (χ1v) is 7.42. The van der Waals surface area contributed by atoms with Gasteiger partial charge in [-0.15, -0.1) is 0 Å². The van der Waals surface area contributed by atoms with Gasteiger partial charge in [0, 0.05) is 12.1 Å². The predicted octanol–water partition coefficient (Wildman–Crippen LogP) is 3.64. The summed E-state index contributed by atoms with van der Waals surface area (Å²) in [6.07, 6.45) is 5.33. The molecule has 1 aliphatic heterocycles. The topological polar surface area (TPSA) is 30.5 Å². The highest BCUT2D eigenvalue weighted by atomic mass is 16.7. The van der Waals surface area contributed by atoms with Crippen molar-refractivity contribution in [3.63, 3.8) is 0 Å². The molecule has 0 spiro atoms. The molecule has 0 radical (unpaired) electrons. The minimum Gasteiger partial charge on any atom is -0.454 e. The smallest absolute Gasteiger partial charge is 0.231 e. The molecule has 1 N–H and O–H groups in total. The Balaban J connectivity index is 1.62. The maximum absolute atomic E-state index is 5.44. The van der Waals surface area contributed by atoms with E-state index in [2.05, 4.69) is 31.3 Å². The molecule has 3 heteroatoms. The monoisotopic (exact) mass is 261 g/mol. The van der Waals surface area contributed by atoms with Crippen molar-refractivity contribution in [1.82, 2.24) is 5.32 Å². The van der Waals surface area contributed by atoms with Crippen molar-refractivity contribution in [3.05, 3.63) is 23.8 Å². The Morgan fingerprint density at radius 3 is 2.89 bits per heavy atom. The molecule has 0 aromatic heterocycles. The van der Waals surface area contributed by atoms with Gasteiger partial charge in [0.15, 0.2) is 11.5 Å². The van der Waals surface area contributed by atoms with Crippen LogP contribution in [0.1, 0.15) is 51.1 Å². The molecule has 0 amide bonds. The maximum atomic E-state index is 5.44. The molecule has 1 heterocycles. The quantitative estimate of drug-likeness (QED) is 0.897. The standard InChI is InChI=1S/C16H23NO2/c1-3-12-4-6-14(8-12)17-11(2)13-5-7-15-16(9-13)19-10-18-15/h5,7,9,11-12,14,17H,3-4,6,8,10H2,1-2H3. The maximum Gasteiger partial charge on any atom is 0.231 e. The van der Waals surface area contributed by atoms with Crippen molar-refractivity contribution in [2.45, 2.75) is 51.6 Å². The van der Waals surface area contributed by atoms with Crippen LogP contribution < -0.4 is 14.8 Å². The molecule has 3 atom stereocenters. The normalized spacial score (nSPS) is 26.6. The number of hydrogen-bond donors (Lipinski definition) is 1. The summed E-state index contributed by atoms with van der Waals surface area (Å²) in [4.78, 5) is 0. The van der Waals surface area contributed by atoms with Gasteiger partial charge in [-0.05, 0) is 49.8 Å². The molecular weight excluding hydrogens is 238 g/mol. The van der Waals surface area contributed by atoms with Crippen molar-refractivity contribution in [2.75, 3.05) is 6.79 Å². The van der Waals surface area contributed by atoms with E-state index in [-0.39, 0.29) is 0 Å². The zero-order chi connectivity index (χ0) is 13.2. The molecule has 104 valence electrons. The second-order valence-electron chi connectivity index (χ2n) is 5.79. The minimum absolute atomic E-state index is 0.349. The van der Waals surface area contributed by atoms with Gasteiger partial charge in [0.1, 0.15) is 0 Å². The van der Waals surface area contributed by atoms with Crippen LogP contribution in [-0.4, -0.2) is 12.8 Å². The highest BCUT2D eigenvalue weighted by molar-refractivity contribution is 5.45. The fourth-order valence-electron chi connectivity index (χ4n) is 3.23. The summed E-state index contributed by atoms with van der Waals surface area (Å²) < 4.78 is 10.8. The van der Waals surface area contributed by atoms with E-state index in [1.54, 1.807) is 0 Å². The Morgan fingerprint density at radius 2 is 2.11 bits per heavy atom. The SMILES string of the molecule is CCC1CCC(NC(C)c2ccc3c(c2)OCO3)C1. The van der Waals surface area contributed by atoms with Gasteiger partial charge in [-0.3, -0.25) is 0 Å². The molecule has 0 saturated heterocycles. The molecule has 1 aromatic rings. The van der Waals surface area contributed by atoms with Crippen molar-refractivity contribution >= 4 is 0 Å². The molecule has 3 nitrogen and oxygen atoms in total. The first-order chi connectivity index (χ1) is 9.26. The average molecular weight is 261 g/mol. The highest BCUT2D eigenvalue weighted by Gasteiger charge is 2.25. The lowest BCUT2D eigenvalue weighted by atomic mass is 10.0. The van der Waals surface area contributed by atoms with Crippen molar-refractivity contribution < 1.29 is 9.47 Å². The fourth-order valence-corrected chi connectivity index (χ4v) is 3.23. The average Bonchev–Trinajstić information content (AvgIpc) is 3.05. The zero-order valence-corrected chi connectivity index (χ0v) is 11.8. The molecule has 2 aliphatic rings. The molecule has 3 unspecified atom stereocenters. The number of ether oxygens (including phenoxy) is 2. The van der Waals surface area contributed by atoms with Gasteiger partial charge >= 0.3 is 0 Å². The highest BCUT2D eigenvalue weighted by Crippen LogP contribution is 2.35. The van der Waals surface area contributed by atoms with Crippen LogP contribution in [0.25, 0.3) is 0 Å². The van der Waals surface area contributed by atoms with Crippen LogP contribution in [0.15, 0.2) is 18.2 Å². The molecule has 1 aliphatic carbocycles. The van der Waals surface area contributed by atoms with E-state index in [0.29, 0.717) is 18.9 Å². The van der Waals surface area contributed by atoms with Gasteiger partial charge < -0.3 is 14.8 Å². The number of nitrogens with one attached hydrogen (secondary N) is 1. The Kier molecular flexibility index (Phi) is 3.65. The second kappa shape index (κ2) is 5.41. The van der Waals surface area contributed by atoms with Crippen LogP contribution in [0.3, 0.4) is 0 Å². The van der Waals surface area contributed by atoms with Gasteiger partial charge in [0.25, 0.3) is 0 Å². The molecule has 1 fully saturated rings. The van der Waals surface area contributed by atoms with E-state index in [0.717, 1.165) is 17.4 Å². The zero-order valence-electron chi connectivity index (χ0n) is 11.8. The lowest BCUT2D eigenvalue weighted by Crippen LogP contribution is -2.29. The number of rotatable bonds is 4. The third-order valence-corrected chi connectivity index (χ3v) is 4.50. The van der Waals surface area contributed by atoms with Crippen LogP contribution in [0.5, 0.6) is 11.5 Å².